The lowest BCUT2D eigenvalue weighted by molar-refractivity contribution is 0.266. The standard InChI is InChI=1S/C22H19ClN4O3S/c23-18-9-1-6-16(13-18)21-25-22(30-26-21)17-8-4-12-27(14-17)31(28,29)19-10-2-5-15-7-3-11-24-20(15)19/h1-3,5-7,9-11,13,17H,4,8,12,14H2. The van der Waals surface area contributed by atoms with Gasteiger partial charge < -0.3 is 4.52 Å². The van der Waals surface area contributed by atoms with Gasteiger partial charge in [-0.25, -0.2) is 8.42 Å². The Morgan fingerprint density at radius 3 is 2.81 bits per heavy atom. The number of rotatable bonds is 4. The molecular formula is C22H19ClN4O3S. The first-order valence-corrected chi connectivity index (χ1v) is 11.8. The van der Waals surface area contributed by atoms with Gasteiger partial charge in [-0.05, 0) is 37.1 Å². The smallest absolute Gasteiger partial charge is 0.245 e. The molecule has 0 saturated carbocycles. The molecule has 31 heavy (non-hydrogen) atoms. The third-order valence-electron chi connectivity index (χ3n) is 5.47. The normalized spacial score (nSPS) is 17.8. The van der Waals surface area contributed by atoms with E-state index in [1.54, 1.807) is 36.5 Å². The summed E-state index contributed by atoms with van der Waals surface area (Å²) in [7, 11) is -3.72. The van der Waals surface area contributed by atoms with E-state index in [4.69, 9.17) is 16.1 Å². The van der Waals surface area contributed by atoms with Gasteiger partial charge in [-0.3, -0.25) is 4.98 Å². The van der Waals surface area contributed by atoms with Gasteiger partial charge in [0.25, 0.3) is 0 Å². The highest BCUT2D eigenvalue weighted by molar-refractivity contribution is 7.89. The van der Waals surface area contributed by atoms with E-state index in [0.717, 1.165) is 17.4 Å². The van der Waals surface area contributed by atoms with Crippen LogP contribution in [0, 0.1) is 0 Å². The van der Waals surface area contributed by atoms with E-state index in [2.05, 4.69) is 15.1 Å². The topological polar surface area (TPSA) is 89.2 Å². The lowest BCUT2D eigenvalue weighted by Crippen LogP contribution is -2.39. The molecule has 4 aromatic rings. The lowest BCUT2D eigenvalue weighted by Gasteiger charge is -2.30. The second-order valence-corrected chi connectivity index (χ2v) is 9.84. The minimum atomic E-state index is -3.72. The van der Waals surface area contributed by atoms with Gasteiger partial charge in [0.15, 0.2) is 0 Å². The SMILES string of the molecule is O=S(=O)(c1cccc2cccnc12)N1CCCC(c2nc(-c3cccc(Cl)c3)no2)C1. The third-order valence-corrected chi connectivity index (χ3v) is 7.60. The van der Waals surface area contributed by atoms with Crippen LogP contribution < -0.4 is 0 Å². The molecule has 0 spiro atoms. The molecule has 0 N–H and O–H groups in total. The van der Waals surface area contributed by atoms with Crippen LogP contribution in [0.5, 0.6) is 0 Å². The van der Waals surface area contributed by atoms with Crippen molar-refractivity contribution in [2.24, 2.45) is 0 Å². The Morgan fingerprint density at radius 1 is 1.10 bits per heavy atom. The van der Waals surface area contributed by atoms with Crippen molar-refractivity contribution in [2.75, 3.05) is 13.1 Å². The maximum absolute atomic E-state index is 13.4. The van der Waals surface area contributed by atoms with Crippen LogP contribution in [0.4, 0.5) is 0 Å². The quantitative estimate of drug-likeness (QED) is 0.450. The number of sulfonamides is 1. The fraction of sp³-hybridized carbons (Fsp3) is 0.227. The van der Waals surface area contributed by atoms with Crippen LogP contribution in [0.3, 0.4) is 0 Å². The molecule has 2 aromatic heterocycles. The maximum Gasteiger partial charge on any atom is 0.245 e. The molecule has 2 aromatic carbocycles. The molecule has 1 fully saturated rings. The molecule has 0 radical (unpaired) electrons. The summed E-state index contributed by atoms with van der Waals surface area (Å²) >= 11 is 6.05. The minimum Gasteiger partial charge on any atom is -0.339 e. The van der Waals surface area contributed by atoms with Gasteiger partial charge in [-0.1, -0.05) is 47.1 Å². The fourth-order valence-corrected chi connectivity index (χ4v) is 5.81. The Labute approximate surface area is 184 Å². The first-order valence-electron chi connectivity index (χ1n) is 9.96. The van der Waals surface area contributed by atoms with Gasteiger partial charge in [-0.15, -0.1) is 0 Å². The van der Waals surface area contributed by atoms with Gasteiger partial charge in [0.1, 0.15) is 4.90 Å². The number of benzene rings is 2. The van der Waals surface area contributed by atoms with E-state index >= 15 is 0 Å². The Balaban J connectivity index is 1.43. The molecule has 9 heteroatoms. The molecule has 0 bridgehead atoms. The average Bonchev–Trinajstić information content (AvgIpc) is 3.29. The van der Waals surface area contributed by atoms with Gasteiger partial charge in [0, 0.05) is 35.3 Å². The minimum absolute atomic E-state index is 0.174. The maximum atomic E-state index is 13.4. The van der Waals surface area contributed by atoms with Crippen LogP contribution in [-0.4, -0.2) is 40.9 Å². The van der Waals surface area contributed by atoms with Gasteiger partial charge in [-0.2, -0.15) is 9.29 Å². The Morgan fingerprint density at radius 2 is 1.94 bits per heavy atom. The average molecular weight is 455 g/mol. The highest BCUT2D eigenvalue weighted by Gasteiger charge is 2.34. The van der Waals surface area contributed by atoms with Gasteiger partial charge >= 0.3 is 0 Å². The van der Waals surface area contributed by atoms with Crippen molar-refractivity contribution in [3.05, 3.63) is 71.7 Å². The van der Waals surface area contributed by atoms with Crippen LogP contribution in [0.15, 0.2) is 70.2 Å². The number of hydrogen-bond acceptors (Lipinski definition) is 6. The highest BCUT2D eigenvalue weighted by atomic mass is 35.5. The number of halogens is 1. The summed E-state index contributed by atoms with van der Waals surface area (Å²) in [5, 5.41) is 5.44. The van der Waals surface area contributed by atoms with Crippen LogP contribution in [-0.2, 0) is 10.0 Å². The van der Waals surface area contributed by atoms with Crippen molar-refractivity contribution in [1.82, 2.24) is 19.4 Å². The Bertz CT molecular complexity index is 1350. The molecule has 7 nitrogen and oxygen atoms in total. The number of aromatic nitrogens is 3. The summed E-state index contributed by atoms with van der Waals surface area (Å²) < 4.78 is 33.9. The zero-order valence-electron chi connectivity index (χ0n) is 16.5. The fourth-order valence-electron chi connectivity index (χ4n) is 3.93. The largest absolute Gasteiger partial charge is 0.339 e. The molecule has 1 saturated heterocycles. The molecule has 1 aliphatic heterocycles. The Hall–Kier alpha value is -2.81. The Kier molecular flexibility index (Phi) is 5.21. The number of piperidine rings is 1. The predicted octanol–water partition coefficient (Wildman–Crippen LogP) is 4.51. The van der Waals surface area contributed by atoms with Crippen molar-refractivity contribution >= 4 is 32.5 Å². The van der Waals surface area contributed by atoms with Crippen molar-refractivity contribution < 1.29 is 12.9 Å². The number of nitrogens with zero attached hydrogens (tertiary/aromatic N) is 4. The van der Waals surface area contributed by atoms with Gasteiger partial charge in [0.05, 0.1) is 11.4 Å². The van der Waals surface area contributed by atoms with E-state index in [9.17, 15) is 8.42 Å². The zero-order valence-corrected chi connectivity index (χ0v) is 18.1. The summed E-state index contributed by atoms with van der Waals surface area (Å²) in [6.07, 6.45) is 3.09. The van der Waals surface area contributed by atoms with Crippen LogP contribution in [0.1, 0.15) is 24.7 Å². The molecule has 0 amide bonds. The molecule has 1 aliphatic rings. The number of fused-ring (bicyclic) bond motifs is 1. The molecular weight excluding hydrogens is 436 g/mol. The molecule has 158 valence electrons. The molecule has 5 rings (SSSR count). The molecule has 0 aliphatic carbocycles. The van der Waals surface area contributed by atoms with Crippen molar-refractivity contribution in [3.63, 3.8) is 0 Å². The molecule has 3 heterocycles. The van der Waals surface area contributed by atoms with Gasteiger partial charge in [0.2, 0.25) is 21.7 Å². The summed E-state index contributed by atoms with van der Waals surface area (Å²) in [6.45, 7) is 0.722. The van der Waals surface area contributed by atoms with E-state index < -0.39 is 10.0 Å². The second-order valence-electron chi connectivity index (χ2n) is 7.50. The van der Waals surface area contributed by atoms with E-state index in [-0.39, 0.29) is 17.4 Å². The van der Waals surface area contributed by atoms with Crippen molar-refractivity contribution in [3.8, 4) is 11.4 Å². The van der Waals surface area contributed by atoms with Crippen molar-refractivity contribution in [1.29, 1.82) is 0 Å². The summed E-state index contributed by atoms with van der Waals surface area (Å²) in [6, 6.07) is 16.1. The number of pyridine rings is 1. The molecule has 1 atom stereocenters. The monoisotopic (exact) mass is 454 g/mol. The first kappa shape index (κ1) is 20.1. The van der Waals surface area contributed by atoms with E-state index in [0.29, 0.717) is 35.2 Å². The first-order chi connectivity index (χ1) is 15.0. The summed E-state index contributed by atoms with van der Waals surface area (Å²) in [5.41, 5.74) is 1.23. The lowest BCUT2D eigenvalue weighted by atomic mass is 10.00. The van der Waals surface area contributed by atoms with Crippen molar-refractivity contribution in [2.45, 2.75) is 23.7 Å². The van der Waals surface area contributed by atoms with Crippen LogP contribution >= 0.6 is 11.6 Å². The predicted molar refractivity (Wildman–Crippen MR) is 117 cm³/mol. The number of para-hydroxylation sites is 1. The second kappa shape index (κ2) is 8.03. The number of hydrogen-bond donors (Lipinski definition) is 0. The highest BCUT2D eigenvalue weighted by Crippen LogP contribution is 2.32. The van der Waals surface area contributed by atoms with Crippen LogP contribution in [0.2, 0.25) is 5.02 Å². The molecule has 1 unspecified atom stereocenters. The summed E-state index contributed by atoms with van der Waals surface area (Å²) in [4.78, 5) is 9.04. The third kappa shape index (κ3) is 3.82. The van der Waals surface area contributed by atoms with E-state index in [1.165, 1.54) is 4.31 Å². The zero-order chi connectivity index (χ0) is 21.4. The van der Waals surface area contributed by atoms with E-state index in [1.807, 2.05) is 24.3 Å². The van der Waals surface area contributed by atoms with Crippen LogP contribution in [0.25, 0.3) is 22.3 Å². The summed E-state index contributed by atoms with van der Waals surface area (Å²) in [5.74, 6) is 0.702.